The van der Waals surface area contributed by atoms with Crippen LogP contribution in [0.5, 0.6) is 0 Å². The Morgan fingerprint density at radius 2 is 1.63 bits per heavy atom. The summed E-state index contributed by atoms with van der Waals surface area (Å²) in [6.07, 6.45) is 1.47. The summed E-state index contributed by atoms with van der Waals surface area (Å²) < 4.78 is 49.3. The molecule has 9 heteroatoms. The first kappa shape index (κ1) is 24.4. The number of aromatic nitrogens is 2. The van der Waals surface area contributed by atoms with Gasteiger partial charge in [0.2, 0.25) is 5.89 Å². The molecular formula is C26H23F3N2O4. The van der Waals surface area contributed by atoms with Crippen molar-refractivity contribution in [2.45, 2.75) is 26.2 Å². The minimum atomic E-state index is -1.29. The average Bonchev–Trinajstić information content (AvgIpc) is 3.25. The molecule has 0 spiro atoms. The molecule has 0 aliphatic rings. The number of aryl methyl sites for hydroxylation is 2. The van der Waals surface area contributed by atoms with E-state index in [1.54, 1.807) is 13.8 Å². The van der Waals surface area contributed by atoms with Crippen molar-refractivity contribution in [1.82, 2.24) is 9.55 Å². The Bertz CT molecular complexity index is 1450. The maximum Gasteiger partial charge on any atom is 0.255 e. The summed E-state index contributed by atoms with van der Waals surface area (Å²) in [5.41, 5.74) is 0.227. The lowest BCUT2D eigenvalue weighted by Crippen LogP contribution is -2.31. The number of rotatable bonds is 6. The van der Waals surface area contributed by atoms with E-state index in [9.17, 15) is 28.2 Å². The lowest BCUT2D eigenvalue weighted by Gasteiger charge is -2.19. The van der Waals surface area contributed by atoms with E-state index in [1.165, 1.54) is 48.0 Å². The molecule has 2 aromatic carbocycles. The van der Waals surface area contributed by atoms with Gasteiger partial charge in [0.05, 0.1) is 29.9 Å². The number of benzene rings is 2. The molecule has 0 atom stereocenters. The molecule has 6 nitrogen and oxygen atoms in total. The third kappa shape index (κ3) is 4.40. The van der Waals surface area contributed by atoms with Gasteiger partial charge in [-0.1, -0.05) is 0 Å². The van der Waals surface area contributed by atoms with Crippen LogP contribution >= 0.6 is 0 Å². The highest BCUT2D eigenvalue weighted by atomic mass is 19.1. The second-order valence-electron chi connectivity index (χ2n) is 8.71. The summed E-state index contributed by atoms with van der Waals surface area (Å²) in [6, 6.07) is 8.32. The van der Waals surface area contributed by atoms with Crippen molar-refractivity contribution < 1.29 is 27.8 Å². The molecule has 2 heterocycles. The number of pyridine rings is 1. The fourth-order valence-electron chi connectivity index (χ4n) is 3.90. The molecule has 4 rings (SSSR count). The number of hydrogen-bond donors (Lipinski definition) is 2. The van der Waals surface area contributed by atoms with Crippen LogP contribution in [0.4, 0.5) is 13.2 Å². The van der Waals surface area contributed by atoms with Gasteiger partial charge in [-0.2, -0.15) is 0 Å². The van der Waals surface area contributed by atoms with Crippen LogP contribution in [0.3, 0.4) is 0 Å². The Hall–Kier alpha value is -3.69. The molecule has 0 saturated carbocycles. The van der Waals surface area contributed by atoms with Gasteiger partial charge in [0, 0.05) is 23.9 Å². The fourth-order valence-corrected chi connectivity index (χ4v) is 3.90. The Morgan fingerprint density at radius 3 is 2.23 bits per heavy atom. The van der Waals surface area contributed by atoms with E-state index < -0.39 is 36.1 Å². The minimum Gasteiger partial charge on any atom is -0.439 e. The normalized spacial score (nSPS) is 11.8. The van der Waals surface area contributed by atoms with Gasteiger partial charge in [0.1, 0.15) is 23.1 Å². The number of halogens is 3. The molecule has 0 aliphatic carbocycles. The van der Waals surface area contributed by atoms with Crippen LogP contribution in [0, 0.1) is 31.3 Å². The monoisotopic (exact) mass is 484 g/mol. The van der Waals surface area contributed by atoms with E-state index in [0.717, 1.165) is 6.07 Å². The van der Waals surface area contributed by atoms with Crippen molar-refractivity contribution in [3.8, 4) is 28.3 Å². The van der Waals surface area contributed by atoms with Crippen LogP contribution in [0.1, 0.15) is 23.9 Å². The second kappa shape index (κ2) is 9.16. The summed E-state index contributed by atoms with van der Waals surface area (Å²) in [4.78, 5) is 17.2. The van der Waals surface area contributed by atoms with E-state index in [2.05, 4.69) is 4.98 Å². The van der Waals surface area contributed by atoms with Crippen molar-refractivity contribution in [3.63, 3.8) is 0 Å². The molecule has 0 fully saturated rings. The van der Waals surface area contributed by atoms with E-state index >= 15 is 0 Å². The van der Waals surface area contributed by atoms with E-state index in [4.69, 9.17) is 4.42 Å². The maximum absolute atomic E-state index is 14.7. The molecule has 2 aromatic heterocycles. The Balaban J connectivity index is 1.99. The standard InChI is InChI=1S/C26H23F3N2O4/c1-14-8-18(28)9-15(2)23(14)31-11-16(4-7-21(31)34)22-24(19-6-5-17(27)10-20(19)29)35-25(30-22)26(3,12-32)13-33/h4-11,32-33H,12-13H2,1-3H3. The zero-order valence-electron chi connectivity index (χ0n) is 19.3. The number of hydrogen-bond acceptors (Lipinski definition) is 5. The molecular weight excluding hydrogens is 461 g/mol. The first-order valence-electron chi connectivity index (χ1n) is 10.8. The highest BCUT2D eigenvalue weighted by Crippen LogP contribution is 2.37. The van der Waals surface area contributed by atoms with Gasteiger partial charge in [0.15, 0.2) is 5.76 Å². The quantitative estimate of drug-likeness (QED) is 0.423. The van der Waals surface area contributed by atoms with Gasteiger partial charge in [0.25, 0.3) is 5.56 Å². The van der Waals surface area contributed by atoms with Crippen molar-refractivity contribution in [2.24, 2.45) is 0 Å². The Labute approximate surface area is 198 Å². The van der Waals surface area contributed by atoms with Crippen molar-refractivity contribution in [1.29, 1.82) is 0 Å². The molecule has 0 bridgehead atoms. The van der Waals surface area contributed by atoms with Crippen molar-refractivity contribution in [3.05, 3.63) is 93.5 Å². The lowest BCUT2D eigenvalue weighted by atomic mass is 9.93. The molecule has 0 unspecified atom stereocenters. The number of aliphatic hydroxyl groups excluding tert-OH is 2. The van der Waals surface area contributed by atoms with Crippen LogP contribution in [-0.2, 0) is 5.41 Å². The summed E-state index contributed by atoms with van der Waals surface area (Å²) in [6.45, 7) is 3.84. The molecule has 182 valence electrons. The summed E-state index contributed by atoms with van der Waals surface area (Å²) in [5.74, 6) is -2.25. The van der Waals surface area contributed by atoms with Gasteiger partial charge < -0.3 is 14.6 Å². The molecule has 0 radical (unpaired) electrons. The topological polar surface area (TPSA) is 88.5 Å². The lowest BCUT2D eigenvalue weighted by molar-refractivity contribution is 0.109. The first-order valence-corrected chi connectivity index (χ1v) is 10.8. The predicted octanol–water partition coefficient (Wildman–Crippen LogP) is 4.44. The SMILES string of the molecule is Cc1cc(F)cc(C)c1-n1cc(-c2nc(C(C)(CO)CO)oc2-c2ccc(F)cc2F)ccc1=O. The zero-order chi connectivity index (χ0) is 25.5. The molecule has 0 amide bonds. The Morgan fingerprint density at radius 1 is 0.971 bits per heavy atom. The third-order valence-electron chi connectivity index (χ3n) is 5.90. The highest BCUT2D eigenvalue weighted by Gasteiger charge is 2.33. The van der Waals surface area contributed by atoms with Gasteiger partial charge in [-0.3, -0.25) is 9.36 Å². The third-order valence-corrected chi connectivity index (χ3v) is 5.90. The summed E-state index contributed by atoms with van der Waals surface area (Å²) in [7, 11) is 0. The van der Waals surface area contributed by atoms with Crippen LogP contribution in [0.25, 0.3) is 28.3 Å². The second-order valence-corrected chi connectivity index (χ2v) is 8.71. The average molecular weight is 484 g/mol. The van der Waals surface area contributed by atoms with Gasteiger partial charge >= 0.3 is 0 Å². The minimum absolute atomic E-state index is 0.0663. The summed E-state index contributed by atoms with van der Waals surface area (Å²) >= 11 is 0. The fraction of sp³-hybridized carbons (Fsp3) is 0.231. The van der Waals surface area contributed by atoms with Crippen molar-refractivity contribution in [2.75, 3.05) is 13.2 Å². The Kier molecular flexibility index (Phi) is 6.40. The number of aliphatic hydroxyl groups is 2. The van der Waals surface area contributed by atoms with Crippen molar-refractivity contribution >= 4 is 0 Å². The molecule has 4 aromatic rings. The smallest absolute Gasteiger partial charge is 0.255 e. The zero-order valence-corrected chi connectivity index (χ0v) is 19.3. The largest absolute Gasteiger partial charge is 0.439 e. The molecule has 0 saturated heterocycles. The van der Waals surface area contributed by atoms with Crippen LogP contribution in [0.15, 0.2) is 57.9 Å². The number of oxazole rings is 1. The first-order chi connectivity index (χ1) is 16.6. The maximum atomic E-state index is 14.7. The molecule has 2 N–H and O–H groups in total. The van der Waals surface area contributed by atoms with E-state index in [1.807, 2.05) is 0 Å². The van der Waals surface area contributed by atoms with E-state index in [-0.39, 0.29) is 28.5 Å². The van der Waals surface area contributed by atoms with Crippen LogP contribution < -0.4 is 5.56 Å². The predicted molar refractivity (Wildman–Crippen MR) is 124 cm³/mol. The molecule has 35 heavy (non-hydrogen) atoms. The van der Waals surface area contributed by atoms with E-state index in [0.29, 0.717) is 28.4 Å². The van der Waals surface area contributed by atoms with Gasteiger partial charge in [-0.05, 0) is 62.2 Å². The highest BCUT2D eigenvalue weighted by molar-refractivity contribution is 5.77. The number of nitrogens with zero attached hydrogens (tertiary/aromatic N) is 2. The summed E-state index contributed by atoms with van der Waals surface area (Å²) in [5, 5.41) is 19.6. The van der Waals surface area contributed by atoms with Gasteiger partial charge in [-0.25, -0.2) is 18.2 Å². The van der Waals surface area contributed by atoms with Crippen LogP contribution in [-0.4, -0.2) is 33.0 Å². The van der Waals surface area contributed by atoms with Crippen LogP contribution in [0.2, 0.25) is 0 Å². The van der Waals surface area contributed by atoms with Gasteiger partial charge in [-0.15, -0.1) is 0 Å². The molecule has 0 aliphatic heterocycles.